The third kappa shape index (κ3) is 4.22. The van der Waals surface area contributed by atoms with Crippen LogP contribution in [0.1, 0.15) is 31.5 Å². The van der Waals surface area contributed by atoms with Crippen molar-refractivity contribution in [1.29, 1.82) is 0 Å². The molecule has 2 heteroatoms. The van der Waals surface area contributed by atoms with Gasteiger partial charge in [-0.15, -0.1) is 0 Å². The number of furan rings is 2. The first-order chi connectivity index (χ1) is 36.4. The summed E-state index contributed by atoms with van der Waals surface area (Å²) in [4.78, 5) is 0. The summed E-state index contributed by atoms with van der Waals surface area (Å²) in [7, 11) is 0. The lowest BCUT2D eigenvalue weighted by Gasteiger charge is -2.18. The second kappa shape index (κ2) is 11.2. The van der Waals surface area contributed by atoms with E-state index < -0.39 is 194 Å². The van der Waals surface area contributed by atoms with E-state index in [2.05, 4.69) is 0 Å². The maximum Gasteiger partial charge on any atom is 0.136 e. The third-order valence-corrected chi connectivity index (χ3v) is 9.68. The molecule has 250 valence electrons. The van der Waals surface area contributed by atoms with Crippen LogP contribution in [0.4, 0.5) is 0 Å². The van der Waals surface area contributed by atoms with Gasteiger partial charge in [-0.3, -0.25) is 0 Å². The molecule has 0 aliphatic carbocycles. The summed E-state index contributed by atoms with van der Waals surface area (Å²) in [6, 6.07) is -5.31. The van der Waals surface area contributed by atoms with Crippen LogP contribution in [0.5, 0.6) is 0 Å². The van der Waals surface area contributed by atoms with Gasteiger partial charge in [0, 0.05) is 21.5 Å². The van der Waals surface area contributed by atoms with Crippen LogP contribution in [0.25, 0.3) is 120 Å². The van der Waals surface area contributed by atoms with Gasteiger partial charge in [-0.1, -0.05) is 139 Å². The second-order valence-corrected chi connectivity index (χ2v) is 12.6. The van der Waals surface area contributed by atoms with Crippen molar-refractivity contribution >= 4 is 87.0 Å². The Kier molecular flexibility index (Phi) is 3.12. The zero-order valence-electron chi connectivity index (χ0n) is 50.4. The second-order valence-electron chi connectivity index (χ2n) is 12.6. The van der Waals surface area contributed by atoms with Crippen LogP contribution in [-0.4, -0.2) is 0 Å². The summed E-state index contributed by atoms with van der Waals surface area (Å²) in [5.74, 6) is 0. The monoisotopic (exact) mass is 709 g/mol. The third-order valence-electron chi connectivity index (χ3n) is 9.68. The molecule has 12 rings (SSSR count). The molecule has 0 aliphatic heterocycles. The number of rotatable bonds is 3. The molecule has 54 heavy (non-hydrogen) atoms. The highest BCUT2D eigenvalue weighted by molar-refractivity contribution is 6.26. The summed E-state index contributed by atoms with van der Waals surface area (Å²) in [6.45, 7) is 0. The zero-order chi connectivity index (χ0) is 55.3. The smallest absolute Gasteiger partial charge is 0.136 e. The quantitative estimate of drug-likeness (QED) is 0.171. The van der Waals surface area contributed by atoms with E-state index in [-0.39, 0.29) is 54.6 Å². The van der Waals surface area contributed by atoms with E-state index in [1.165, 1.54) is 0 Å². The molecule has 12 aromatic rings. The van der Waals surface area contributed by atoms with Gasteiger partial charge in [0.25, 0.3) is 0 Å². The SMILES string of the molecule is [2H]c1c([2H])c([2H])c2c(oc3c([2H])c([2H])c4oc5c([2H])c(-c6c([2H])c([2H])c([2H])c7c([2H])c(-c8c9c([2H])c([2H])c([2H])c([2H])c9c(-c9ccc%10ccccc%10c9)c9c([2H])c([2H])c([2H])c([2H])c89)c([2H])c([2H])c67)c([2H])c([2H])c5c4c32)c1[2H]. The lowest BCUT2D eigenvalue weighted by atomic mass is 9.85. The van der Waals surface area contributed by atoms with E-state index in [1.807, 2.05) is 6.07 Å². The first-order valence-corrected chi connectivity index (χ1v) is 16.6. The van der Waals surface area contributed by atoms with E-state index in [4.69, 9.17) is 23.9 Å². The zero-order valence-corrected chi connectivity index (χ0v) is 27.4. The molecule has 0 fully saturated rings. The van der Waals surface area contributed by atoms with Gasteiger partial charge in [0.2, 0.25) is 0 Å². The average molecular weight is 710 g/mol. The number of hydrogen-bond donors (Lipinski definition) is 0. The van der Waals surface area contributed by atoms with Crippen LogP contribution in [0, 0.1) is 0 Å². The molecule has 0 aliphatic rings. The summed E-state index contributed by atoms with van der Waals surface area (Å²) in [6.07, 6.45) is 0. The fourth-order valence-corrected chi connectivity index (χ4v) is 7.35. The lowest BCUT2D eigenvalue weighted by molar-refractivity contribution is 0.663. The predicted octanol–water partition coefficient (Wildman–Crippen LogP) is 15.1. The van der Waals surface area contributed by atoms with Crippen LogP contribution in [0.3, 0.4) is 0 Å². The molecule has 0 atom stereocenters. The molecule has 10 aromatic carbocycles. The van der Waals surface area contributed by atoms with Gasteiger partial charge >= 0.3 is 0 Å². The Bertz CT molecular complexity index is 4760. The average Bonchev–Trinajstić information content (AvgIpc) is 4.27. The van der Waals surface area contributed by atoms with Crippen molar-refractivity contribution in [3.05, 3.63) is 181 Å². The van der Waals surface area contributed by atoms with Crippen LogP contribution in [-0.2, 0) is 0 Å². The Morgan fingerprint density at radius 3 is 1.69 bits per heavy atom. The molecular formula is C52H30O2. The number of fused-ring (bicyclic) bond motifs is 11. The first kappa shape index (κ1) is 15.1. The first-order valence-electron chi connectivity index (χ1n) is 28.1. The van der Waals surface area contributed by atoms with Crippen molar-refractivity contribution in [2.24, 2.45) is 0 Å². The van der Waals surface area contributed by atoms with E-state index in [1.54, 1.807) is 36.4 Å². The Labute approximate surface area is 342 Å². The minimum absolute atomic E-state index is 0.0371. The van der Waals surface area contributed by atoms with Gasteiger partial charge in [-0.25, -0.2) is 0 Å². The van der Waals surface area contributed by atoms with E-state index in [0.29, 0.717) is 5.39 Å². The maximum atomic E-state index is 9.96. The Balaban J connectivity index is 1.25. The Morgan fingerprint density at radius 2 is 0.944 bits per heavy atom. The molecule has 0 saturated heterocycles. The van der Waals surface area contributed by atoms with Crippen molar-refractivity contribution in [1.82, 2.24) is 0 Å². The predicted molar refractivity (Wildman–Crippen MR) is 227 cm³/mol. The molecule has 0 saturated carbocycles. The van der Waals surface area contributed by atoms with Crippen molar-refractivity contribution < 1.29 is 40.4 Å². The van der Waals surface area contributed by atoms with Gasteiger partial charge in [-0.05, 0) is 119 Å². The van der Waals surface area contributed by atoms with Gasteiger partial charge < -0.3 is 8.83 Å². The van der Waals surface area contributed by atoms with Crippen molar-refractivity contribution in [2.45, 2.75) is 0 Å². The summed E-state index contributed by atoms with van der Waals surface area (Å²) >= 11 is 0. The van der Waals surface area contributed by atoms with Crippen LogP contribution in [0.15, 0.2) is 190 Å². The molecule has 0 bridgehead atoms. The number of para-hydroxylation sites is 1. The fourth-order valence-electron chi connectivity index (χ4n) is 7.35. The molecular weight excluding hydrogens is 657 g/mol. The summed E-state index contributed by atoms with van der Waals surface area (Å²) in [5.41, 5.74) is -4.01. The molecule has 0 spiro atoms. The Morgan fingerprint density at radius 1 is 0.352 bits per heavy atom. The Hall–Kier alpha value is -7.16. The van der Waals surface area contributed by atoms with Gasteiger partial charge in [0.15, 0.2) is 0 Å². The van der Waals surface area contributed by atoms with Crippen molar-refractivity contribution in [3.63, 3.8) is 0 Å². The molecule has 2 nitrogen and oxygen atoms in total. The standard InChI is InChI=1S/C52H30O2/c1-2-11-32-28-35(21-20-31(32)10-1)49-39-13-3-5-15-41(39)50(42-16-6-4-14-40(42)49)36-23-24-38-33(29-36)12-9-18-37(38)34-22-25-44-48(30-34)54-47-27-26-46-51(52(44)47)43-17-7-8-19-45(43)53-46/h1-30H/i3D,4D,5D,6D,7D,8D,9D,12D,13D,14D,15D,16D,17D,18D,19D,22D,23D,24D,25D,26D,27D,29D,30D. The highest BCUT2D eigenvalue weighted by Gasteiger charge is 2.19. The van der Waals surface area contributed by atoms with E-state index >= 15 is 0 Å². The fraction of sp³-hybridized carbons (Fsp3) is 0. The highest BCUT2D eigenvalue weighted by atomic mass is 16.3. The van der Waals surface area contributed by atoms with Gasteiger partial charge in [0.1, 0.15) is 22.3 Å². The van der Waals surface area contributed by atoms with Crippen LogP contribution >= 0.6 is 0 Å². The normalized spacial score (nSPS) is 18.0. The minimum atomic E-state index is -0.934. The van der Waals surface area contributed by atoms with Crippen molar-refractivity contribution in [3.8, 4) is 33.4 Å². The molecule has 0 radical (unpaired) electrons. The maximum absolute atomic E-state index is 9.96. The van der Waals surface area contributed by atoms with E-state index in [9.17, 15) is 16.4 Å². The van der Waals surface area contributed by atoms with Gasteiger partial charge in [-0.2, -0.15) is 0 Å². The van der Waals surface area contributed by atoms with Gasteiger partial charge in [0.05, 0.1) is 31.5 Å². The minimum Gasteiger partial charge on any atom is -0.456 e. The van der Waals surface area contributed by atoms with Crippen LogP contribution in [0.2, 0.25) is 0 Å². The topological polar surface area (TPSA) is 26.3 Å². The van der Waals surface area contributed by atoms with Crippen molar-refractivity contribution in [2.75, 3.05) is 0 Å². The largest absolute Gasteiger partial charge is 0.456 e. The van der Waals surface area contributed by atoms with Crippen LogP contribution < -0.4 is 0 Å². The molecule has 0 amide bonds. The summed E-state index contributed by atoms with van der Waals surface area (Å²) in [5, 5.41) is -2.18. The molecule has 0 N–H and O–H groups in total. The number of benzene rings is 10. The number of hydrogen-bond acceptors (Lipinski definition) is 2. The molecule has 2 heterocycles. The summed E-state index contributed by atoms with van der Waals surface area (Å²) < 4.78 is 223. The highest BCUT2D eigenvalue weighted by Crippen LogP contribution is 2.46. The lowest BCUT2D eigenvalue weighted by Crippen LogP contribution is -1.91. The molecule has 2 aromatic heterocycles. The van der Waals surface area contributed by atoms with E-state index in [0.717, 1.165) is 5.39 Å². The molecule has 0 unspecified atom stereocenters.